The highest BCUT2D eigenvalue weighted by atomic mass is 35.5. The minimum absolute atomic E-state index is 0.0209. The highest BCUT2D eigenvalue weighted by Crippen LogP contribution is 2.32. The molecule has 2 aromatic carbocycles. The van der Waals surface area contributed by atoms with Crippen LogP contribution in [0.25, 0.3) is 11.1 Å². The lowest BCUT2D eigenvalue weighted by Gasteiger charge is -2.46. The van der Waals surface area contributed by atoms with E-state index < -0.39 is 0 Å². The van der Waals surface area contributed by atoms with Gasteiger partial charge >= 0.3 is 6.03 Å². The van der Waals surface area contributed by atoms with Gasteiger partial charge in [-0.1, -0.05) is 54.1 Å². The van der Waals surface area contributed by atoms with Crippen LogP contribution in [0.3, 0.4) is 0 Å². The van der Waals surface area contributed by atoms with Gasteiger partial charge in [-0.2, -0.15) is 0 Å². The average molecular weight is 426 g/mol. The van der Waals surface area contributed by atoms with Crippen molar-refractivity contribution in [3.8, 4) is 11.1 Å². The van der Waals surface area contributed by atoms with Crippen LogP contribution in [0, 0.1) is 0 Å². The van der Waals surface area contributed by atoms with Crippen molar-refractivity contribution in [3.63, 3.8) is 0 Å². The van der Waals surface area contributed by atoms with E-state index in [1.54, 1.807) is 0 Å². The molecule has 5 rings (SSSR count). The van der Waals surface area contributed by atoms with Crippen LogP contribution in [-0.4, -0.2) is 66.7 Å². The Balaban J connectivity index is 1.18. The fourth-order valence-electron chi connectivity index (χ4n) is 4.55. The van der Waals surface area contributed by atoms with Gasteiger partial charge in [-0.05, 0) is 23.6 Å². The summed E-state index contributed by atoms with van der Waals surface area (Å²) in [4.78, 5) is 28.2. The number of nitrogens with one attached hydrogen (secondary N) is 1. The van der Waals surface area contributed by atoms with Gasteiger partial charge in [0.1, 0.15) is 6.61 Å². The first kappa shape index (κ1) is 19.4. The molecule has 7 heteroatoms. The summed E-state index contributed by atoms with van der Waals surface area (Å²) < 4.78 is 5.57. The second-order valence-electron chi connectivity index (χ2n) is 8.24. The van der Waals surface area contributed by atoms with Gasteiger partial charge in [0.15, 0.2) is 0 Å². The second-order valence-corrected chi connectivity index (χ2v) is 8.65. The van der Waals surface area contributed by atoms with Gasteiger partial charge in [0.05, 0.1) is 12.1 Å². The second kappa shape index (κ2) is 7.93. The Kier molecular flexibility index (Phi) is 5.13. The summed E-state index contributed by atoms with van der Waals surface area (Å²) in [5, 5.41) is 3.69. The standard InChI is InChI=1S/C23H24ClN3O3/c24-19-4-2-1-3-18(19)16-7-5-15(6-8-16)17-11-27(12-17)23(29)26-10-9-21-20(13-26)25-22(28)14-30-21/h1-8,17,20-21H,9-14H2,(H,25,28)/t20-,21?/m1/s1. The van der Waals surface area contributed by atoms with Gasteiger partial charge < -0.3 is 19.9 Å². The Morgan fingerprint density at radius 1 is 1.03 bits per heavy atom. The van der Waals surface area contributed by atoms with E-state index in [2.05, 4.69) is 29.6 Å². The molecule has 3 amide bonds. The number of hydrogen-bond acceptors (Lipinski definition) is 3. The number of rotatable bonds is 2. The molecule has 3 aliphatic heterocycles. The molecule has 3 fully saturated rings. The van der Waals surface area contributed by atoms with E-state index in [0.717, 1.165) is 35.7 Å². The summed E-state index contributed by atoms with van der Waals surface area (Å²) in [5.74, 6) is 0.249. The first-order valence-electron chi connectivity index (χ1n) is 10.4. The molecular formula is C23H24ClN3O3. The topological polar surface area (TPSA) is 61.9 Å². The number of carbonyl (C=O) groups is 2. The van der Waals surface area contributed by atoms with Crippen LogP contribution in [0.2, 0.25) is 5.02 Å². The van der Waals surface area contributed by atoms with E-state index in [-0.39, 0.29) is 30.7 Å². The summed E-state index contributed by atoms with van der Waals surface area (Å²) in [7, 11) is 0. The maximum atomic E-state index is 12.9. The third-order valence-electron chi connectivity index (χ3n) is 6.31. The van der Waals surface area contributed by atoms with Gasteiger partial charge in [-0.15, -0.1) is 0 Å². The molecule has 1 unspecified atom stereocenters. The smallest absolute Gasteiger partial charge is 0.320 e. The molecule has 3 heterocycles. The number of urea groups is 1. The molecule has 2 aromatic rings. The highest BCUT2D eigenvalue weighted by molar-refractivity contribution is 6.33. The Morgan fingerprint density at radius 2 is 1.80 bits per heavy atom. The predicted octanol–water partition coefficient (Wildman–Crippen LogP) is 3.12. The lowest BCUT2D eigenvalue weighted by Crippen LogP contribution is -2.63. The fraction of sp³-hybridized carbons (Fsp3) is 0.391. The van der Waals surface area contributed by atoms with Crippen LogP contribution < -0.4 is 5.32 Å². The van der Waals surface area contributed by atoms with Crippen molar-refractivity contribution >= 4 is 23.5 Å². The van der Waals surface area contributed by atoms with Crippen molar-refractivity contribution in [1.82, 2.24) is 15.1 Å². The van der Waals surface area contributed by atoms with Gasteiger partial charge in [0.2, 0.25) is 5.91 Å². The number of ether oxygens (including phenoxy) is 1. The molecule has 3 saturated heterocycles. The van der Waals surface area contributed by atoms with E-state index >= 15 is 0 Å². The maximum Gasteiger partial charge on any atom is 0.320 e. The molecule has 30 heavy (non-hydrogen) atoms. The molecule has 1 N–H and O–H groups in total. The minimum Gasteiger partial charge on any atom is -0.366 e. The number of morpholine rings is 1. The zero-order valence-corrected chi connectivity index (χ0v) is 17.3. The molecule has 2 atom stereocenters. The van der Waals surface area contributed by atoms with E-state index in [0.29, 0.717) is 19.0 Å². The van der Waals surface area contributed by atoms with Crippen molar-refractivity contribution in [3.05, 3.63) is 59.1 Å². The van der Waals surface area contributed by atoms with Crippen molar-refractivity contribution in [1.29, 1.82) is 0 Å². The predicted molar refractivity (Wildman–Crippen MR) is 114 cm³/mol. The molecule has 0 aliphatic carbocycles. The number of likely N-dealkylation sites (tertiary alicyclic amines) is 2. The van der Waals surface area contributed by atoms with E-state index in [1.807, 2.05) is 34.1 Å². The van der Waals surface area contributed by atoms with Crippen LogP contribution in [-0.2, 0) is 9.53 Å². The number of hydrogen-bond donors (Lipinski definition) is 1. The van der Waals surface area contributed by atoms with E-state index in [1.165, 1.54) is 5.56 Å². The summed E-state index contributed by atoms with van der Waals surface area (Å²) in [5.41, 5.74) is 3.36. The van der Waals surface area contributed by atoms with Crippen molar-refractivity contribution in [2.45, 2.75) is 24.5 Å². The Labute approximate surface area is 180 Å². The van der Waals surface area contributed by atoms with Crippen LogP contribution in [0.1, 0.15) is 17.9 Å². The number of fused-ring (bicyclic) bond motifs is 1. The number of piperidine rings is 1. The molecule has 0 radical (unpaired) electrons. The summed E-state index contributed by atoms with van der Waals surface area (Å²) >= 11 is 6.30. The molecule has 156 valence electrons. The SMILES string of the molecule is O=C1COC2CCN(C(=O)N3CC(c4ccc(-c5ccccc5Cl)cc4)C3)C[C@H]2N1. The lowest BCUT2D eigenvalue weighted by atomic mass is 9.90. The summed E-state index contributed by atoms with van der Waals surface area (Å²) in [6.07, 6.45) is 0.782. The van der Waals surface area contributed by atoms with Crippen LogP contribution >= 0.6 is 11.6 Å². The van der Waals surface area contributed by atoms with E-state index in [9.17, 15) is 9.59 Å². The highest BCUT2D eigenvalue weighted by Gasteiger charge is 2.40. The Hall–Kier alpha value is -2.57. The lowest BCUT2D eigenvalue weighted by molar-refractivity contribution is -0.139. The molecule has 0 aromatic heterocycles. The van der Waals surface area contributed by atoms with Gasteiger partial charge in [-0.25, -0.2) is 4.79 Å². The zero-order valence-electron chi connectivity index (χ0n) is 16.6. The first-order valence-corrected chi connectivity index (χ1v) is 10.8. The largest absolute Gasteiger partial charge is 0.366 e. The molecule has 0 bridgehead atoms. The minimum atomic E-state index is -0.102. The fourth-order valence-corrected chi connectivity index (χ4v) is 4.79. The van der Waals surface area contributed by atoms with Gasteiger partial charge in [-0.3, -0.25) is 4.79 Å². The Morgan fingerprint density at radius 3 is 2.57 bits per heavy atom. The molecule has 6 nitrogen and oxygen atoms in total. The van der Waals surface area contributed by atoms with Crippen LogP contribution in [0.4, 0.5) is 4.79 Å². The number of amides is 3. The first-order chi connectivity index (χ1) is 14.6. The normalized spacial score (nSPS) is 24.1. The molecule has 0 spiro atoms. The van der Waals surface area contributed by atoms with Gasteiger partial charge in [0.25, 0.3) is 0 Å². The summed E-state index contributed by atoms with van der Waals surface area (Å²) in [6.45, 7) is 2.75. The van der Waals surface area contributed by atoms with Crippen molar-refractivity contribution in [2.24, 2.45) is 0 Å². The van der Waals surface area contributed by atoms with Crippen LogP contribution in [0.15, 0.2) is 48.5 Å². The number of benzene rings is 2. The molecule has 3 aliphatic rings. The average Bonchev–Trinajstić information content (AvgIpc) is 2.73. The number of nitrogens with zero attached hydrogens (tertiary/aromatic N) is 2. The third kappa shape index (κ3) is 3.66. The Bertz CT molecular complexity index is 958. The van der Waals surface area contributed by atoms with Crippen molar-refractivity contribution < 1.29 is 14.3 Å². The van der Waals surface area contributed by atoms with Crippen molar-refractivity contribution in [2.75, 3.05) is 32.8 Å². The summed E-state index contributed by atoms with van der Waals surface area (Å²) in [6, 6.07) is 16.2. The van der Waals surface area contributed by atoms with E-state index in [4.69, 9.17) is 16.3 Å². The zero-order chi connectivity index (χ0) is 20.7. The number of halogens is 1. The molecular weight excluding hydrogens is 402 g/mol. The maximum absolute atomic E-state index is 12.9. The third-order valence-corrected chi connectivity index (χ3v) is 6.64. The monoisotopic (exact) mass is 425 g/mol. The molecule has 0 saturated carbocycles. The van der Waals surface area contributed by atoms with Gasteiger partial charge in [0, 0.05) is 42.7 Å². The quantitative estimate of drug-likeness (QED) is 0.804. The van der Waals surface area contributed by atoms with Crippen LogP contribution in [0.5, 0.6) is 0 Å². The number of carbonyl (C=O) groups excluding carboxylic acids is 2.